The SMILES string of the molecule is CC(C)C(C(=O)O)c1ccc(C2(N)CCOC2)cc1. The van der Waals surface area contributed by atoms with Crippen LogP contribution in [0.1, 0.15) is 37.3 Å². The van der Waals surface area contributed by atoms with E-state index in [-0.39, 0.29) is 5.92 Å². The molecule has 1 heterocycles. The maximum atomic E-state index is 11.3. The normalized spacial score (nSPS) is 24.6. The maximum absolute atomic E-state index is 11.3. The summed E-state index contributed by atoms with van der Waals surface area (Å²) in [6.45, 7) is 5.05. The maximum Gasteiger partial charge on any atom is 0.311 e. The largest absolute Gasteiger partial charge is 0.481 e. The van der Waals surface area contributed by atoms with Gasteiger partial charge in [-0.15, -0.1) is 0 Å². The van der Waals surface area contributed by atoms with E-state index in [1.807, 2.05) is 38.1 Å². The van der Waals surface area contributed by atoms with Crippen molar-refractivity contribution in [3.8, 4) is 0 Å². The Morgan fingerprint density at radius 3 is 2.42 bits per heavy atom. The average molecular weight is 263 g/mol. The van der Waals surface area contributed by atoms with E-state index in [0.29, 0.717) is 13.2 Å². The van der Waals surface area contributed by atoms with Gasteiger partial charge in [-0.3, -0.25) is 4.79 Å². The van der Waals surface area contributed by atoms with E-state index in [0.717, 1.165) is 17.5 Å². The summed E-state index contributed by atoms with van der Waals surface area (Å²) in [5.74, 6) is -1.19. The van der Waals surface area contributed by atoms with Crippen molar-refractivity contribution in [1.29, 1.82) is 0 Å². The minimum absolute atomic E-state index is 0.0602. The molecule has 1 aliphatic rings. The van der Waals surface area contributed by atoms with E-state index in [2.05, 4.69) is 0 Å². The minimum Gasteiger partial charge on any atom is -0.481 e. The lowest BCUT2D eigenvalue weighted by Gasteiger charge is -2.23. The van der Waals surface area contributed by atoms with Gasteiger partial charge in [-0.05, 0) is 23.5 Å². The zero-order valence-electron chi connectivity index (χ0n) is 11.4. The molecule has 0 bridgehead atoms. The number of hydrogen-bond donors (Lipinski definition) is 2. The molecule has 0 radical (unpaired) electrons. The van der Waals surface area contributed by atoms with E-state index < -0.39 is 17.4 Å². The Labute approximate surface area is 113 Å². The second-order valence-corrected chi connectivity index (χ2v) is 5.64. The summed E-state index contributed by atoms with van der Waals surface area (Å²) < 4.78 is 5.35. The van der Waals surface area contributed by atoms with Crippen LogP contribution < -0.4 is 5.73 Å². The number of benzene rings is 1. The molecule has 104 valence electrons. The molecule has 3 N–H and O–H groups in total. The zero-order chi connectivity index (χ0) is 14.0. The third-order valence-electron chi connectivity index (χ3n) is 3.83. The lowest BCUT2D eigenvalue weighted by molar-refractivity contribution is -0.139. The van der Waals surface area contributed by atoms with E-state index >= 15 is 0 Å². The Morgan fingerprint density at radius 1 is 1.37 bits per heavy atom. The van der Waals surface area contributed by atoms with Gasteiger partial charge in [0.05, 0.1) is 18.1 Å². The number of hydrogen-bond acceptors (Lipinski definition) is 3. The predicted octanol–water partition coefficient (Wildman–Crippen LogP) is 2.09. The van der Waals surface area contributed by atoms with Crippen molar-refractivity contribution in [2.75, 3.05) is 13.2 Å². The van der Waals surface area contributed by atoms with Crippen LogP contribution in [0.15, 0.2) is 24.3 Å². The standard InChI is InChI=1S/C15H21NO3/c1-10(2)13(14(17)18)11-3-5-12(6-4-11)15(16)7-8-19-9-15/h3-6,10,13H,7-9,16H2,1-2H3,(H,17,18). The number of carboxylic acids is 1. The molecule has 0 aromatic heterocycles. The summed E-state index contributed by atoms with van der Waals surface area (Å²) >= 11 is 0. The van der Waals surface area contributed by atoms with Gasteiger partial charge in [0.15, 0.2) is 0 Å². The van der Waals surface area contributed by atoms with Crippen molar-refractivity contribution in [2.24, 2.45) is 11.7 Å². The summed E-state index contributed by atoms with van der Waals surface area (Å²) in [6, 6.07) is 7.62. The number of nitrogens with two attached hydrogens (primary N) is 1. The van der Waals surface area contributed by atoms with Gasteiger partial charge < -0.3 is 15.6 Å². The van der Waals surface area contributed by atoms with Crippen molar-refractivity contribution in [3.05, 3.63) is 35.4 Å². The molecule has 4 heteroatoms. The van der Waals surface area contributed by atoms with Gasteiger partial charge >= 0.3 is 5.97 Å². The summed E-state index contributed by atoms with van der Waals surface area (Å²) in [5, 5.41) is 9.28. The Kier molecular flexibility index (Phi) is 3.92. The van der Waals surface area contributed by atoms with E-state index in [9.17, 15) is 9.90 Å². The molecule has 1 aromatic rings. The molecule has 2 rings (SSSR count). The molecule has 2 atom stereocenters. The smallest absolute Gasteiger partial charge is 0.311 e. The molecule has 1 saturated heterocycles. The third-order valence-corrected chi connectivity index (χ3v) is 3.83. The molecule has 4 nitrogen and oxygen atoms in total. The first-order valence-corrected chi connectivity index (χ1v) is 6.64. The van der Waals surface area contributed by atoms with Gasteiger partial charge in [-0.2, -0.15) is 0 Å². The molecular weight excluding hydrogens is 242 g/mol. The van der Waals surface area contributed by atoms with Crippen LogP contribution in [0, 0.1) is 5.92 Å². The van der Waals surface area contributed by atoms with Crippen molar-refractivity contribution < 1.29 is 14.6 Å². The number of rotatable bonds is 4. The van der Waals surface area contributed by atoms with E-state index in [4.69, 9.17) is 10.5 Å². The minimum atomic E-state index is -0.783. The molecule has 1 aliphatic heterocycles. The first-order chi connectivity index (χ1) is 8.94. The lowest BCUT2D eigenvalue weighted by atomic mass is 9.85. The van der Waals surface area contributed by atoms with Gasteiger partial charge in [0.1, 0.15) is 0 Å². The van der Waals surface area contributed by atoms with E-state index in [1.54, 1.807) is 0 Å². The van der Waals surface area contributed by atoms with Crippen LogP contribution in [0.3, 0.4) is 0 Å². The van der Waals surface area contributed by atoms with Crippen LogP contribution in [0.25, 0.3) is 0 Å². The Balaban J connectivity index is 2.25. The zero-order valence-corrected chi connectivity index (χ0v) is 11.4. The topological polar surface area (TPSA) is 72.5 Å². The first kappa shape index (κ1) is 14.0. The molecule has 19 heavy (non-hydrogen) atoms. The highest BCUT2D eigenvalue weighted by atomic mass is 16.5. The number of carboxylic acid groups (broad SMARTS) is 1. The fourth-order valence-electron chi connectivity index (χ4n) is 2.64. The van der Waals surface area contributed by atoms with E-state index in [1.165, 1.54) is 0 Å². The quantitative estimate of drug-likeness (QED) is 0.872. The monoisotopic (exact) mass is 263 g/mol. The molecule has 0 saturated carbocycles. The summed E-state index contributed by atoms with van der Waals surface area (Å²) in [4.78, 5) is 11.3. The summed E-state index contributed by atoms with van der Waals surface area (Å²) in [7, 11) is 0. The van der Waals surface area contributed by atoms with Crippen LogP contribution in [0.2, 0.25) is 0 Å². The predicted molar refractivity (Wildman–Crippen MR) is 73.0 cm³/mol. The highest BCUT2D eigenvalue weighted by Gasteiger charge is 2.32. The fraction of sp³-hybridized carbons (Fsp3) is 0.533. The number of aliphatic carboxylic acids is 1. The van der Waals surface area contributed by atoms with Gasteiger partial charge in [0.2, 0.25) is 0 Å². The van der Waals surface area contributed by atoms with Crippen LogP contribution in [0.5, 0.6) is 0 Å². The molecule has 1 aromatic carbocycles. The highest BCUT2D eigenvalue weighted by Crippen LogP contribution is 2.30. The van der Waals surface area contributed by atoms with Gasteiger partial charge in [0, 0.05) is 6.61 Å². The van der Waals surface area contributed by atoms with Crippen molar-refractivity contribution >= 4 is 5.97 Å². The second kappa shape index (κ2) is 5.31. The molecule has 2 unspecified atom stereocenters. The third kappa shape index (κ3) is 2.80. The van der Waals surface area contributed by atoms with Crippen LogP contribution in [0.4, 0.5) is 0 Å². The molecule has 0 spiro atoms. The first-order valence-electron chi connectivity index (χ1n) is 6.64. The Morgan fingerprint density at radius 2 is 2.00 bits per heavy atom. The van der Waals surface area contributed by atoms with Gasteiger partial charge in [-0.25, -0.2) is 0 Å². The van der Waals surface area contributed by atoms with Crippen LogP contribution in [-0.2, 0) is 15.1 Å². The molecule has 1 fully saturated rings. The fourth-order valence-corrected chi connectivity index (χ4v) is 2.64. The van der Waals surface area contributed by atoms with Crippen molar-refractivity contribution in [2.45, 2.75) is 31.7 Å². The van der Waals surface area contributed by atoms with Crippen molar-refractivity contribution in [3.63, 3.8) is 0 Å². The number of carbonyl (C=O) groups is 1. The number of ether oxygens (including phenoxy) is 1. The molecule has 0 amide bonds. The lowest BCUT2D eigenvalue weighted by Crippen LogP contribution is -2.37. The molecular formula is C15H21NO3. The Hall–Kier alpha value is -1.39. The highest BCUT2D eigenvalue weighted by molar-refractivity contribution is 5.76. The summed E-state index contributed by atoms with van der Waals surface area (Å²) in [5.41, 5.74) is 7.71. The average Bonchev–Trinajstić information content (AvgIpc) is 2.77. The summed E-state index contributed by atoms with van der Waals surface area (Å²) in [6.07, 6.45) is 0.804. The Bertz CT molecular complexity index is 447. The van der Waals surface area contributed by atoms with Crippen molar-refractivity contribution in [1.82, 2.24) is 0 Å². The van der Waals surface area contributed by atoms with Crippen LogP contribution >= 0.6 is 0 Å². The second-order valence-electron chi connectivity index (χ2n) is 5.64. The van der Waals surface area contributed by atoms with Gasteiger partial charge in [0.25, 0.3) is 0 Å². The van der Waals surface area contributed by atoms with Crippen LogP contribution in [-0.4, -0.2) is 24.3 Å². The molecule has 0 aliphatic carbocycles. The van der Waals surface area contributed by atoms with Gasteiger partial charge in [-0.1, -0.05) is 38.1 Å².